The van der Waals surface area contributed by atoms with Gasteiger partial charge in [0.1, 0.15) is 11.1 Å². The fourth-order valence-electron chi connectivity index (χ4n) is 6.51. The van der Waals surface area contributed by atoms with Crippen molar-refractivity contribution in [1.29, 1.82) is 0 Å². The maximum absolute atomic E-state index is 11.5. The Kier molecular flexibility index (Phi) is 5.64. The summed E-state index contributed by atoms with van der Waals surface area (Å²) >= 11 is 0. The first-order valence-corrected chi connectivity index (χ1v) is 12.3. The summed E-state index contributed by atoms with van der Waals surface area (Å²) in [6, 6.07) is 0. The molecule has 4 fully saturated rings. The number of aromatic nitrogens is 4. The molecule has 6 nitrogen and oxygen atoms in total. The Balaban J connectivity index is 1.33. The summed E-state index contributed by atoms with van der Waals surface area (Å²) in [7, 11) is 0. The minimum atomic E-state index is -0.890. The van der Waals surface area contributed by atoms with Gasteiger partial charge in [0.2, 0.25) is 5.82 Å². The van der Waals surface area contributed by atoms with E-state index in [0.717, 1.165) is 56.1 Å². The predicted molar refractivity (Wildman–Crippen MR) is 122 cm³/mol. The zero-order valence-electron chi connectivity index (χ0n) is 18.7. The molecule has 4 aliphatic carbocycles. The van der Waals surface area contributed by atoms with Crippen LogP contribution in [0.4, 0.5) is 5.82 Å². The average molecular weight is 422 g/mol. The molecule has 0 radical (unpaired) electrons. The summed E-state index contributed by atoms with van der Waals surface area (Å²) < 4.78 is 2.07. The van der Waals surface area contributed by atoms with Crippen LogP contribution in [0.5, 0.6) is 0 Å². The lowest BCUT2D eigenvalue weighted by atomic mass is 9.50. The number of anilines is 1. The molecule has 166 valence electrons. The van der Waals surface area contributed by atoms with Crippen LogP contribution in [-0.4, -0.2) is 30.2 Å². The van der Waals surface area contributed by atoms with E-state index in [1.165, 1.54) is 38.5 Å². The van der Waals surface area contributed by atoms with Crippen LogP contribution in [0.25, 0.3) is 11.2 Å². The maximum Gasteiger partial charge on any atom is 0.209 e. The van der Waals surface area contributed by atoms with E-state index >= 15 is 0 Å². The number of nitrogens with two attached hydrogens (primary N) is 1. The van der Waals surface area contributed by atoms with Crippen molar-refractivity contribution >= 4 is 17.0 Å². The molecule has 2 aromatic heterocycles. The van der Waals surface area contributed by atoms with Crippen LogP contribution in [0.2, 0.25) is 0 Å². The van der Waals surface area contributed by atoms with Gasteiger partial charge in [0.15, 0.2) is 11.5 Å². The second-order valence-corrected chi connectivity index (χ2v) is 10.2. The highest BCUT2D eigenvalue weighted by Gasteiger charge is 2.55. The van der Waals surface area contributed by atoms with Crippen LogP contribution in [-0.2, 0) is 6.54 Å². The Labute approximate surface area is 185 Å². The van der Waals surface area contributed by atoms with Crippen LogP contribution < -0.4 is 5.73 Å². The molecular formula is C25H35N5O. The van der Waals surface area contributed by atoms with Crippen LogP contribution in [0.15, 0.2) is 6.33 Å². The lowest BCUT2D eigenvalue weighted by molar-refractivity contribution is -0.136. The van der Waals surface area contributed by atoms with Gasteiger partial charge in [-0.05, 0) is 68.1 Å². The van der Waals surface area contributed by atoms with Gasteiger partial charge in [-0.15, -0.1) is 0 Å². The van der Waals surface area contributed by atoms with Gasteiger partial charge in [-0.2, -0.15) is 0 Å². The number of hydrogen-bond donors (Lipinski definition) is 2. The number of fused-ring (bicyclic) bond motifs is 1. The second-order valence-electron chi connectivity index (χ2n) is 10.2. The third-order valence-corrected chi connectivity index (χ3v) is 8.00. The molecule has 3 N–H and O–H groups in total. The van der Waals surface area contributed by atoms with Crippen molar-refractivity contribution in [3.63, 3.8) is 0 Å². The van der Waals surface area contributed by atoms with E-state index in [-0.39, 0.29) is 0 Å². The number of aliphatic hydroxyl groups is 1. The topological polar surface area (TPSA) is 89.9 Å². The number of aryl methyl sites for hydroxylation is 1. The summed E-state index contributed by atoms with van der Waals surface area (Å²) in [5.74, 6) is 9.30. The number of imidazole rings is 1. The number of rotatable bonds is 7. The monoisotopic (exact) mass is 421 g/mol. The molecule has 6 heteroatoms. The maximum atomic E-state index is 11.5. The number of nitrogen functional groups attached to an aromatic ring is 1. The Hall–Kier alpha value is -2.13. The number of unbranched alkanes of at least 4 members (excludes halogenated alkanes) is 5. The fourth-order valence-corrected chi connectivity index (χ4v) is 6.51. The standard InChI is InChI=1S/C25H35N5O/c1-2-3-4-5-6-7-10-30-16-27-22-23(26)28-21(29-24(22)30)8-9-25(31)19-12-17-11-18(14-19)15-20(25)13-17/h16-20,31H,2-7,10-15H2,1H3,(H2,26,28,29). The van der Waals surface area contributed by atoms with E-state index in [4.69, 9.17) is 5.73 Å². The van der Waals surface area contributed by atoms with Crippen molar-refractivity contribution in [2.24, 2.45) is 23.7 Å². The highest BCUT2D eigenvalue weighted by atomic mass is 16.3. The van der Waals surface area contributed by atoms with E-state index in [0.29, 0.717) is 29.0 Å². The molecule has 0 atom stereocenters. The molecule has 4 saturated carbocycles. The molecule has 2 aromatic rings. The van der Waals surface area contributed by atoms with Crippen LogP contribution >= 0.6 is 0 Å². The third-order valence-electron chi connectivity index (χ3n) is 8.00. The zero-order chi connectivity index (χ0) is 21.4. The highest BCUT2D eigenvalue weighted by Crippen LogP contribution is 2.58. The van der Waals surface area contributed by atoms with Gasteiger partial charge in [-0.3, -0.25) is 0 Å². The minimum absolute atomic E-state index is 0.301. The molecule has 0 amide bonds. The molecule has 31 heavy (non-hydrogen) atoms. The number of hydrogen-bond acceptors (Lipinski definition) is 5. The van der Waals surface area contributed by atoms with Gasteiger partial charge in [-0.25, -0.2) is 15.0 Å². The smallest absolute Gasteiger partial charge is 0.209 e. The summed E-state index contributed by atoms with van der Waals surface area (Å²) in [6.45, 7) is 3.12. The first-order chi connectivity index (χ1) is 15.1. The Bertz CT molecular complexity index is 972. The predicted octanol–water partition coefficient (Wildman–Crippen LogP) is 4.31. The lowest BCUT2D eigenvalue weighted by Gasteiger charge is -2.56. The average Bonchev–Trinajstić information content (AvgIpc) is 3.16. The molecule has 0 aliphatic heterocycles. The third kappa shape index (κ3) is 3.93. The normalized spacial score (nSPS) is 31.2. The van der Waals surface area contributed by atoms with Gasteiger partial charge >= 0.3 is 0 Å². The zero-order valence-corrected chi connectivity index (χ0v) is 18.7. The van der Waals surface area contributed by atoms with E-state index in [9.17, 15) is 5.11 Å². The fraction of sp³-hybridized carbons (Fsp3) is 0.720. The molecule has 0 aromatic carbocycles. The van der Waals surface area contributed by atoms with E-state index in [1.54, 1.807) is 0 Å². The minimum Gasteiger partial charge on any atom is -0.382 e. The van der Waals surface area contributed by atoms with Crippen molar-refractivity contribution < 1.29 is 5.11 Å². The highest BCUT2D eigenvalue weighted by molar-refractivity contribution is 5.81. The molecule has 0 spiro atoms. The van der Waals surface area contributed by atoms with Gasteiger partial charge in [0.05, 0.1) is 6.33 Å². The largest absolute Gasteiger partial charge is 0.382 e. The van der Waals surface area contributed by atoms with Crippen molar-refractivity contribution in [2.75, 3.05) is 5.73 Å². The first kappa shape index (κ1) is 20.8. The first-order valence-electron chi connectivity index (χ1n) is 12.3. The van der Waals surface area contributed by atoms with Crippen molar-refractivity contribution in [3.8, 4) is 11.8 Å². The Morgan fingerprint density at radius 3 is 2.42 bits per heavy atom. The van der Waals surface area contributed by atoms with Crippen molar-refractivity contribution in [1.82, 2.24) is 19.5 Å². The molecule has 4 bridgehead atoms. The molecule has 4 aliphatic rings. The summed E-state index contributed by atoms with van der Waals surface area (Å²) in [6.07, 6.45) is 15.1. The van der Waals surface area contributed by atoms with Crippen molar-refractivity contribution in [3.05, 3.63) is 12.2 Å². The van der Waals surface area contributed by atoms with E-state index in [1.807, 2.05) is 6.33 Å². The van der Waals surface area contributed by atoms with Gasteiger partial charge in [0, 0.05) is 6.54 Å². The summed E-state index contributed by atoms with van der Waals surface area (Å²) in [5.41, 5.74) is 6.69. The van der Waals surface area contributed by atoms with Gasteiger partial charge in [0.25, 0.3) is 0 Å². The molecule has 6 rings (SSSR count). The van der Waals surface area contributed by atoms with Crippen LogP contribution in [0.1, 0.15) is 83.4 Å². The molecule has 2 heterocycles. The Morgan fingerprint density at radius 2 is 1.71 bits per heavy atom. The van der Waals surface area contributed by atoms with Crippen LogP contribution in [0.3, 0.4) is 0 Å². The van der Waals surface area contributed by atoms with Gasteiger partial charge < -0.3 is 15.4 Å². The van der Waals surface area contributed by atoms with Crippen molar-refractivity contribution in [2.45, 2.75) is 89.7 Å². The summed E-state index contributed by atoms with van der Waals surface area (Å²) in [4.78, 5) is 13.5. The summed E-state index contributed by atoms with van der Waals surface area (Å²) in [5, 5.41) is 11.5. The number of nitrogens with zero attached hydrogens (tertiary/aromatic N) is 4. The molecule has 0 unspecified atom stereocenters. The lowest BCUT2D eigenvalue weighted by Crippen LogP contribution is -2.56. The van der Waals surface area contributed by atoms with E-state index in [2.05, 4.69) is 38.3 Å². The van der Waals surface area contributed by atoms with Gasteiger partial charge in [-0.1, -0.05) is 44.9 Å². The van der Waals surface area contributed by atoms with E-state index < -0.39 is 5.60 Å². The SMILES string of the molecule is CCCCCCCCn1cnc2c(N)nc(C#CC3(O)C4CC5CC(C4)CC3C5)nc21. The van der Waals surface area contributed by atoms with Crippen LogP contribution in [0, 0.1) is 35.5 Å². The quantitative estimate of drug-likeness (QED) is 0.514. The molecular weight excluding hydrogens is 386 g/mol. The molecule has 0 saturated heterocycles. The Morgan fingerprint density at radius 1 is 1.03 bits per heavy atom. The second kappa shape index (κ2) is 8.43.